The molecule has 1 N–H and O–H groups in total. The maximum absolute atomic E-state index is 5.43. The molecular weight excluding hydrogens is 248 g/mol. The van der Waals surface area contributed by atoms with Gasteiger partial charge in [-0.1, -0.05) is 6.92 Å². The Morgan fingerprint density at radius 2 is 2.10 bits per heavy atom. The zero-order valence-electron chi connectivity index (χ0n) is 13.3. The summed E-state index contributed by atoms with van der Waals surface area (Å²) in [6.45, 7) is 10.7. The van der Waals surface area contributed by atoms with Gasteiger partial charge in [0.15, 0.2) is 0 Å². The monoisotopic (exact) mass is 278 g/mol. The molecule has 0 spiro atoms. The van der Waals surface area contributed by atoms with E-state index in [9.17, 15) is 0 Å². The Morgan fingerprint density at radius 1 is 1.35 bits per heavy atom. The summed E-state index contributed by atoms with van der Waals surface area (Å²) in [5.74, 6) is 1.90. The minimum Gasteiger partial charge on any atom is -0.469 e. The van der Waals surface area contributed by atoms with Gasteiger partial charge in [-0.2, -0.15) is 0 Å². The van der Waals surface area contributed by atoms with Crippen LogP contribution >= 0.6 is 0 Å². The van der Waals surface area contributed by atoms with Crippen LogP contribution in [-0.2, 0) is 6.42 Å². The molecule has 0 aliphatic carbocycles. The molecule has 0 amide bonds. The predicted octanol–water partition coefficient (Wildman–Crippen LogP) is 3.31. The highest BCUT2D eigenvalue weighted by Gasteiger charge is 2.24. The van der Waals surface area contributed by atoms with Crippen LogP contribution in [0.25, 0.3) is 0 Å². The first-order valence-corrected chi connectivity index (χ1v) is 8.19. The maximum atomic E-state index is 5.43. The Labute approximate surface area is 123 Å². The zero-order valence-corrected chi connectivity index (χ0v) is 13.3. The van der Waals surface area contributed by atoms with Gasteiger partial charge in [-0.05, 0) is 70.8 Å². The predicted molar refractivity (Wildman–Crippen MR) is 83.9 cm³/mol. The van der Waals surface area contributed by atoms with E-state index in [2.05, 4.69) is 37.1 Å². The van der Waals surface area contributed by atoms with Gasteiger partial charge in [-0.25, -0.2) is 0 Å². The van der Waals surface area contributed by atoms with Crippen LogP contribution in [-0.4, -0.2) is 36.6 Å². The molecule has 3 nitrogen and oxygen atoms in total. The summed E-state index contributed by atoms with van der Waals surface area (Å²) in [7, 11) is 0. The molecule has 0 radical (unpaired) electrons. The molecule has 1 aromatic rings. The number of hydrogen-bond donors (Lipinski definition) is 1. The fourth-order valence-electron chi connectivity index (χ4n) is 3.37. The molecule has 1 aliphatic heterocycles. The molecule has 0 aromatic carbocycles. The highest BCUT2D eigenvalue weighted by molar-refractivity contribution is 5.00. The van der Waals surface area contributed by atoms with Crippen LogP contribution < -0.4 is 5.32 Å². The summed E-state index contributed by atoms with van der Waals surface area (Å²) < 4.78 is 5.43. The van der Waals surface area contributed by atoms with E-state index in [1.807, 2.05) is 6.07 Å². The van der Waals surface area contributed by atoms with E-state index in [4.69, 9.17) is 4.42 Å². The second-order valence-corrected chi connectivity index (χ2v) is 6.32. The third kappa shape index (κ3) is 4.64. The number of nitrogens with zero attached hydrogens (tertiary/aromatic N) is 1. The van der Waals surface area contributed by atoms with Crippen molar-refractivity contribution in [2.24, 2.45) is 5.92 Å². The molecule has 3 heteroatoms. The molecular formula is C17H30N2O. The van der Waals surface area contributed by atoms with Gasteiger partial charge in [-0.15, -0.1) is 0 Å². The summed E-state index contributed by atoms with van der Waals surface area (Å²) in [5.41, 5.74) is 0. The Kier molecular flexibility index (Phi) is 6.11. The molecule has 114 valence electrons. The molecule has 2 atom stereocenters. The number of nitrogens with one attached hydrogen (secondary N) is 1. The summed E-state index contributed by atoms with van der Waals surface area (Å²) >= 11 is 0. The van der Waals surface area contributed by atoms with Gasteiger partial charge < -0.3 is 14.6 Å². The van der Waals surface area contributed by atoms with E-state index in [1.165, 1.54) is 38.9 Å². The van der Waals surface area contributed by atoms with Gasteiger partial charge >= 0.3 is 0 Å². The molecule has 1 fully saturated rings. The summed E-state index contributed by atoms with van der Waals surface area (Å²) in [4.78, 5) is 2.61. The zero-order chi connectivity index (χ0) is 14.4. The summed E-state index contributed by atoms with van der Waals surface area (Å²) in [5, 5.41) is 3.76. The average Bonchev–Trinajstić information content (AvgIpc) is 2.92. The van der Waals surface area contributed by atoms with Crippen molar-refractivity contribution in [2.45, 2.75) is 58.5 Å². The summed E-state index contributed by atoms with van der Waals surface area (Å²) in [6, 6.07) is 5.11. The molecule has 1 saturated heterocycles. The number of likely N-dealkylation sites (tertiary alicyclic amines) is 1. The molecule has 0 saturated carbocycles. The Balaban J connectivity index is 1.70. The third-order valence-electron chi connectivity index (χ3n) is 4.51. The van der Waals surface area contributed by atoms with Gasteiger partial charge in [0.05, 0.1) is 6.26 Å². The fourth-order valence-corrected chi connectivity index (χ4v) is 3.37. The quantitative estimate of drug-likeness (QED) is 0.829. The van der Waals surface area contributed by atoms with Gasteiger partial charge in [0.1, 0.15) is 5.76 Å². The van der Waals surface area contributed by atoms with Crippen LogP contribution in [0.1, 0.15) is 45.8 Å². The first-order chi connectivity index (χ1) is 9.69. The molecule has 2 rings (SSSR count). The number of furan rings is 1. The van der Waals surface area contributed by atoms with Crippen LogP contribution in [0.3, 0.4) is 0 Å². The van der Waals surface area contributed by atoms with Crippen molar-refractivity contribution in [3.05, 3.63) is 24.2 Å². The first-order valence-electron chi connectivity index (χ1n) is 8.19. The van der Waals surface area contributed by atoms with Crippen molar-refractivity contribution in [1.29, 1.82) is 0 Å². The highest BCUT2D eigenvalue weighted by Crippen LogP contribution is 2.21. The Bertz CT molecular complexity index is 355. The van der Waals surface area contributed by atoms with Crippen molar-refractivity contribution >= 4 is 0 Å². The van der Waals surface area contributed by atoms with Gasteiger partial charge in [0, 0.05) is 18.5 Å². The van der Waals surface area contributed by atoms with Gasteiger partial charge in [0.25, 0.3) is 0 Å². The second kappa shape index (κ2) is 7.84. The van der Waals surface area contributed by atoms with E-state index in [1.54, 1.807) is 6.26 Å². The average molecular weight is 278 g/mol. The highest BCUT2D eigenvalue weighted by atomic mass is 16.3. The molecule has 2 heterocycles. The van der Waals surface area contributed by atoms with E-state index in [0.717, 1.165) is 18.1 Å². The standard InChI is InChI=1S/C17H30N2O/c1-4-9-19-10-7-16(8-11-19)15(3)18-14(2)13-17-6-5-12-20-17/h5-6,12,14-16,18H,4,7-11,13H2,1-3H3. The van der Waals surface area contributed by atoms with Crippen LogP contribution in [0.5, 0.6) is 0 Å². The van der Waals surface area contributed by atoms with E-state index < -0.39 is 0 Å². The Hall–Kier alpha value is -0.800. The van der Waals surface area contributed by atoms with Crippen molar-refractivity contribution in [3.63, 3.8) is 0 Å². The van der Waals surface area contributed by atoms with Crippen molar-refractivity contribution in [1.82, 2.24) is 10.2 Å². The van der Waals surface area contributed by atoms with Crippen LogP contribution in [0.2, 0.25) is 0 Å². The summed E-state index contributed by atoms with van der Waals surface area (Å²) in [6.07, 6.45) is 6.68. The van der Waals surface area contributed by atoms with Crippen molar-refractivity contribution < 1.29 is 4.42 Å². The smallest absolute Gasteiger partial charge is 0.105 e. The van der Waals surface area contributed by atoms with E-state index in [0.29, 0.717) is 12.1 Å². The lowest BCUT2D eigenvalue weighted by Gasteiger charge is -2.36. The van der Waals surface area contributed by atoms with Crippen LogP contribution in [0, 0.1) is 5.92 Å². The Morgan fingerprint density at radius 3 is 2.70 bits per heavy atom. The molecule has 0 bridgehead atoms. The maximum Gasteiger partial charge on any atom is 0.105 e. The lowest BCUT2D eigenvalue weighted by atomic mass is 9.89. The minimum absolute atomic E-state index is 0.477. The molecule has 1 aliphatic rings. The van der Waals surface area contributed by atoms with Crippen molar-refractivity contribution in [2.75, 3.05) is 19.6 Å². The lowest BCUT2D eigenvalue weighted by Crippen LogP contribution is -2.45. The number of piperidine rings is 1. The first kappa shape index (κ1) is 15.6. The van der Waals surface area contributed by atoms with Gasteiger partial charge in [-0.3, -0.25) is 0 Å². The molecule has 20 heavy (non-hydrogen) atoms. The van der Waals surface area contributed by atoms with Gasteiger partial charge in [0.2, 0.25) is 0 Å². The topological polar surface area (TPSA) is 28.4 Å². The minimum atomic E-state index is 0.477. The second-order valence-electron chi connectivity index (χ2n) is 6.32. The number of hydrogen-bond acceptors (Lipinski definition) is 3. The normalized spacial score (nSPS) is 20.9. The lowest BCUT2D eigenvalue weighted by molar-refractivity contribution is 0.159. The number of rotatable bonds is 7. The SMILES string of the molecule is CCCN1CCC(C(C)NC(C)Cc2ccco2)CC1. The van der Waals surface area contributed by atoms with Crippen LogP contribution in [0.4, 0.5) is 0 Å². The molecule has 2 unspecified atom stereocenters. The third-order valence-corrected chi connectivity index (χ3v) is 4.51. The van der Waals surface area contributed by atoms with E-state index in [-0.39, 0.29) is 0 Å². The molecule has 1 aromatic heterocycles. The van der Waals surface area contributed by atoms with Crippen molar-refractivity contribution in [3.8, 4) is 0 Å². The van der Waals surface area contributed by atoms with Crippen LogP contribution in [0.15, 0.2) is 22.8 Å². The fraction of sp³-hybridized carbons (Fsp3) is 0.765. The largest absolute Gasteiger partial charge is 0.469 e. The van der Waals surface area contributed by atoms with E-state index >= 15 is 0 Å².